The van der Waals surface area contributed by atoms with E-state index in [9.17, 15) is 14.0 Å². The molecule has 0 saturated heterocycles. The fraction of sp³-hybridized carbons (Fsp3) is 0.105. The minimum atomic E-state index is -0.515. The number of amides is 1. The molecule has 0 aliphatic rings. The Kier molecular flexibility index (Phi) is 5.52. The van der Waals surface area contributed by atoms with E-state index in [1.165, 1.54) is 37.3 Å². The van der Waals surface area contributed by atoms with Crippen LogP contribution in [0.15, 0.2) is 53.1 Å². The number of nitrogens with zero attached hydrogens (tertiary/aromatic N) is 2. The van der Waals surface area contributed by atoms with Crippen LogP contribution in [0.5, 0.6) is 0 Å². The number of aromatic nitrogens is 2. The Hall–Kier alpha value is -3.19. The molecule has 0 radical (unpaired) electrons. The van der Waals surface area contributed by atoms with E-state index < -0.39 is 11.7 Å². The molecule has 0 aliphatic carbocycles. The van der Waals surface area contributed by atoms with Gasteiger partial charge in [-0.25, -0.2) is 4.39 Å². The van der Waals surface area contributed by atoms with Crippen LogP contribution in [0.25, 0.3) is 6.08 Å². The minimum Gasteiger partial charge on any atom is -0.456 e. The molecular formula is C19H15ClFN3O3. The average molecular weight is 388 g/mol. The Morgan fingerprint density at radius 3 is 2.81 bits per heavy atom. The summed E-state index contributed by atoms with van der Waals surface area (Å²) in [6.45, 7) is 1.73. The minimum absolute atomic E-state index is 0.138. The highest BCUT2D eigenvalue weighted by molar-refractivity contribution is 6.32. The van der Waals surface area contributed by atoms with Crippen molar-refractivity contribution in [1.82, 2.24) is 9.78 Å². The van der Waals surface area contributed by atoms with Crippen molar-refractivity contribution in [2.24, 2.45) is 0 Å². The summed E-state index contributed by atoms with van der Waals surface area (Å²) in [5.41, 5.74) is 0.138. The van der Waals surface area contributed by atoms with Crippen LogP contribution in [0, 0.1) is 5.82 Å². The van der Waals surface area contributed by atoms with Gasteiger partial charge in [0, 0.05) is 30.8 Å². The second-order valence-electron chi connectivity index (χ2n) is 5.68. The second-order valence-corrected chi connectivity index (χ2v) is 6.09. The first-order valence-electron chi connectivity index (χ1n) is 7.98. The van der Waals surface area contributed by atoms with Gasteiger partial charge in [-0.3, -0.25) is 14.3 Å². The molecule has 2 aromatic heterocycles. The average Bonchev–Trinajstić information content (AvgIpc) is 3.24. The van der Waals surface area contributed by atoms with Gasteiger partial charge >= 0.3 is 0 Å². The Balaban J connectivity index is 1.62. The summed E-state index contributed by atoms with van der Waals surface area (Å²) in [6, 6.07) is 9.18. The van der Waals surface area contributed by atoms with Gasteiger partial charge in [0.15, 0.2) is 17.4 Å². The SMILES string of the molecule is CC(=O)c1ccc(Cn2ccc(NC(=O)C=Cc3c(F)cccc3Cl)n2)o1. The summed E-state index contributed by atoms with van der Waals surface area (Å²) in [5.74, 6) is 0.0209. The first-order valence-corrected chi connectivity index (χ1v) is 8.36. The number of furan rings is 1. The lowest BCUT2D eigenvalue weighted by Crippen LogP contribution is -2.09. The zero-order valence-electron chi connectivity index (χ0n) is 14.3. The fourth-order valence-electron chi connectivity index (χ4n) is 2.33. The number of carbonyl (C=O) groups excluding carboxylic acids is 2. The molecule has 0 aliphatic heterocycles. The molecule has 1 amide bonds. The molecular weight excluding hydrogens is 373 g/mol. The molecule has 6 nitrogen and oxygen atoms in total. The maximum Gasteiger partial charge on any atom is 0.249 e. The van der Waals surface area contributed by atoms with Crippen LogP contribution in [0.2, 0.25) is 5.02 Å². The lowest BCUT2D eigenvalue weighted by Gasteiger charge is -2.00. The lowest BCUT2D eigenvalue weighted by molar-refractivity contribution is -0.111. The van der Waals surface area contributed by atoms with Crippen LogP contribution < -0.4 is 5.32 Å². The van der Waals surface area contributed by atoms with Crippen LogP contribution >= 0.6 is 11.6 Å². The normalized spacial score (nSPS) is 11.1. The number of carbonyl (C=O) groups is 2. The van der Waals surface area contributed by atoms with Gasteiger partial charge in [-0.15, -0.1) is 0 Å². The summed E-state index contributed by atoms with van der Waals surface area (Å²) in [7, 11) is 0. The van der Waals surface area contributed by atoms with Gasteiger partial charge in [0.1, 0.15) is 11.6 Å². The maximum atomic E-state index is 13.7. The van der Waals surface area contributed by atoms with E-state index in [1.807, 2.05) is 0 Å². The predicted octanol–water partition coefficient (Wildman–Crippen LogP) is 4.17. The number of anilines is 1. The standard InChI is InChI=1S/C19H15ClFN3O3/c1-12(25)17-7-5-13(27-17)11-24-10-9-18(23-24)22-19(26)8-6-14-15(20)3-2-4-16(14)21/h2-10H,11H2,1H3,(H,22,23,26). The zero-order chi connectivity index (χ0) is 19.4. The van der Waals surface area contributed by atoms with Gasteiger partial charge in [-0.05, 0) is 30.3 Å². The summed E-state index contributed by atoms with van der Waals surface area (Å²) < 4.78 is 20.6. The number of Topliss-reactive ketones (excluding diaryl/α,β-unsaturated/α-hetero) is 1. The van der Waals surface area contributed by atoms with E-state index >= 15 is 0 Å². The van der Waals surface area contributed by atoms with Crippen LogP contribution in [-0.4, -0.2) is 21.5 Å². The topological polar surface area (TPSA) is 77.1 Å². The predicted molar refractivity (Wildman–Crippen MR) is 99.1 cm³/mol. The van der Waals surface area contributed by atoms with Gasteiger partial charge in [0.2, 0.25) is 5.91 Å². The Morgan fingerprint density at radius 2 is 2.11 bits per heavy atom. The smallest absolute Gasteiger partial charge is 0.249 e. The second kappa shape index (κ2) is 8.01. The van der Waals surface area contributed by atoms with Crippen molar-refractivity contribution >= 4 is 35.2 Å². The molecule has 0 unspecified atom stereocenters. The van der Waals surface area contributed by atoms with Gasteiger partial charge < -0.3 is 9.73 Å². The van der Waals surface area contributed by atoms with Crippen molar-refractivity contribution in [2.45, 2.75) is 13.5 Å². The van der Waals surface area contributed by atoms with Gasteiger partial charge in [0.05, 0.1) is 11.6 Å². The molecule has 2 heterocycles. The highest BCUT2D eigenvalue weighted by Gasteiger charge is 2.09. The number of hydrogen-bond acceptors (Lipinski definition) is 4. The Bertz CT molecular complexity index is 1000. The summed E-state index contributed by atoms with van der Waals surface area (Å²) in [6.07, 6.45) is 4.13. The molecule has 1 aromatic carbocycles. The number of rotatable bonds is 6. The van der Waals surface area contributed by atoms with Gasteiger partial charge in [-0.2, -0.15) is 5.10 Å². The molecule has 3 aromatic rings. The van der Waals surface area contributed by atoms with E-state index in [0.29, 0.717) is 18.1 Å². The van der Waals surface area contributed by atoms with Crippen LogP contribution in [0.3, 0.4) is 0 Å². The van der Waals surface area contributed by atoms with Crippen molar-refractivity contribution in [3.63, 3.8) is 0 Å². The van der Waals surface area contributed by atoms with Gasteiger partial charge in [0.25, 0.3) is 0 Å². The van der Waals surface area contributed by atoms with E-state index in [4.69, 9.17) is 16.0 Å². The fourth-order valence-corrected chi connectivity index (χ4v) is 2.55. The van der Waals surface area contributed by atoms with E-state index in [-0.39, 0.29) is 22.1 Å². The Morgan fingerprint density at radius 1 is 1.30 bits per heavy atom. The summed E-state index contributed by atoms with van der Waals surface area (Å²) in [4.78, 5) is 23.2. The van der Waals surface area contributed by atoms with Crippen LogP contribution in [0.4, 0.5) is 10.2 Å². The highest BCUT2D eigenvalue weighted by Crippen LogP contribution is 2.20. The number of hydrogen-bond donors (Lipinski definition) is 1. The highest BCUT2D eigenvalue weighted by atomic mass is 35.5. The quantitative estimate of drug-likeness (QED) is 0.508. The maximum absolute atomic E-state index is 13.7. The number of halogens is 2. The first kappa shape index (κ1) is 18.6. The van der Waals surface area contributed by atoms with Crippen molar-refractivity contribution in [3.8, 4) is 0 Å². The van der Waals surface area contributed by atoms with Crippen LogP contribution in [0.1, 0.15) is 28.8 Å². The van der Waals surface area contributed by atoms with E-state index in [1.54, 1.807) is 29.1 Å². The summed E-state index contributed by atoms with van der Waals surface area (Å²) in [5, 5.41) is 6.98. The molecule has 3 rings (SSSR count). The van der Waals surface area contributed by atoms with Crippen molar-refractivity contribution < 1.29 is 18.4 Å². The molecule has 8 heteroatoms. The third-order valence-corrected chi connectivity index (χ3v) is 3.95. The van der Waals surface area contributed by atoms with Gasteiger partial charge in [-0.1, -0.05) is 17.7 Å². The molecule has 0 bridgehead atoms. The Labute approximate surface area is 159 Å². The molecule has 0 fully saturated rings. The molecule has 0 atom stereocenters. The largest absolute Gasteiger partial charge is 0.456 e. The van der Waals surface area contributed by atoms with Crippen molar-refractivity contribution in [3.05, 3.63) is 76.6 Å². The van der Waals surface area contributed by atoms with E-state index in [0.717, 1.165) is 0 Å². The molecule has 0 saturated carbocycles. The third-order valence-electron chi connectivity index (χ3n) is 3.62. The van der Waals surface area contributed by atoms with E-state index in [2.05, 4.69) is 10.4 Å². The molecule has 27 heavy (non-hydrogen) atoms. The lowest BCUT2D eigenvalue weighted by atomic mass is 10.2. The number of ketones is 1. The molecule has 0 spiro atoms. The van der Waals surface area contributed by atoms with Crippen molar-refractivity contribution in [1.29, 1.82) is 0 Å². The summed E-state index contributed by atoms with van der Waals surface area (Å²) >= 11 is 5.91. The first-order chi connectivity index (χ1) is 12.9. The molecule has 1 N–H and O–H groups in total. The number of benzene rings is 1. The van der Waals surface area contributed by atoms with Crippen LogP contribution in [-0.2, 0) is 11.3 Å². The zero-order valence-corrected chi connectivity index (χ0v) is 15.0. The number of nitrogens with one attached hydrogen (secondary N) is 1. The van der Waals surface area contributed by atoms with Crippen molar-refractivity contribution in [2.75, 3.05) is 5.32 Å². The molecule has 138 valence electrons. The third kappa shape index (κ3) is 4.71. The monoisotopic (exact) mass is 387 g/mol.